The summed E-state index contributed by atoms with van der Waals surface area (Å²) in [5, 5.41) is 2.71. The van der Waals surface area contributed by atoms with Crippen LogP contribution in [0.2, 0.25) is 0 Å². The number of aryl methyl sites for hydroxylation is 3. The number of ether oxygens (including phenoxy) is 6. The minimum absolute atomic E-state index is 0.731. The first kappa shape index (κ1) is 28.5. The molecule has 0 aliphatic rings. The van der Waals surface area contributed by atoms with E-state index in [1.165, 1.54) is 0 Å². The molecule has 0 radical (unpaired) electrons. The monoisotopic (exact) mass is 526 g/mol. The molecule has 0 aliphatic carbocycles. The smallest absolute Gasteiger partial charge is 0.131 e. The molecule has 0 saturated heterocycles. The van der Waals surface area contributed by atoms with Gasteiger partial charge in [-0.05, 0) is 72.4 Å². The molecule has 0 fully saturated rings. The van der Waals surface area contributed by atoms with Crippen LogP contribution in [0.5, 0.6) is 34.5 Å². The van der Waals surface area contributed by atoms with Gasteiger partial charge in [-0.3, -0.25) is 0 Å². The third-order valence-corrected chi connectivity index (χ3v) is 9.18. The zero-order valence-electron chi connectivity index (χ0n) is 23.5. The lowest BCUT2D eigenvalue weighted by molar-refractivity contribution is 0.397. The molecule has 3 aromatic rings. The van der Waals surface area contributed by atoms with Crippen LogP contribution < -0.4 is 44.3 Å². The molecule has 0 aromatic heterocycles. The molecule has 3 rings (SSSR count). The quantitative estimate of drug-likeness (QED) is 0.303. The minimum atomic E-state index is -1.41. The summed E-state index contributed by atoms with van der Waals surface area (Å²) in [6.45, 7) is 6.34. The van der Waals surface area contributed by atoms with Crippen molar-refractivity contribution in [3.63, 3.8) is 0 Å². The second-order valence-corrected chi connectivity index (χ2v) is 10.5. The third-order valence-electron chi connectivity index (χ3n) is 6.51. The zero-order valence-corrected chi connectivity index (χ0v) is 24.4. The first-order valence-electron chi connectivity index (χ1n) is 12.5. The molecule has 0 bridgehead atoms. The van der Waals surface area contributed by atoms with Crippen molar-refractivity contribution in [3.05, 3.63) is 53.1 Å². The molecule has 0 atom stereocenters. The molecule has 0 heterocycles. The Morgan fingerprint density at radius 1 is 0.405 bits per heavy atom. The molecule has 37 heavy (non-hydrogen) atoms. The van der Waals surface area contributed by atoms with E-state index in [-0.39, 0.29) is 0 Å². The van der Waals surface area contributed by atoms with E-state index < -0.39 is 7.92 Å². The maximum atomic E-state index is 6.01. The van der Waals surface area contributed by atoms with Crippen LogP contribution in [0.4, 0.5) is 0 Å². The van der Waals surface area contributed by atoms with E-state index in [1.807, 2.05) is 0 Å². The predicted octanol–water partition coefficient (Wildman–Crippen LogP) is 5.18. The third kappa shape index (κ3) is 5.60. The van der Waals surface area contributed by atoms with Crippen molar-refractivity contribution in [1.29, 1.82) is 0 Å². The summed E-state index contributed by atoms with van der Waals surface area (Å²) in [6.07, 6.45) is 2.54. The summed E-state index contributed by atoms with van der Waals surface area (Å²) < 4.78 is 36.1. The summed E-state index contributed by atoms with van der Waals surface area (Å²) in [5.74, 6) is 4.39. The second kappa shape index (κ2) is 12.9. The average molecular weight is 527 g/mol. The van der Waals surface area contributed by atoms with Gasteiger partial charge in [0.1, 0.15) is 34.5 Å². The van der Waals surface area contributed by atoms with Gasteiger partial charge in [-0.25, -0.2) is 0 Å². The van der Waals surface area contributed by atoms with Crippen LogP contribution in [-0.2, 0) is 19.3 Å². The van der Waals surface area contributed by atoms with Crippen molar-refractivity contribution in [3.8, 4) is 34.5 Å². The maximum Gasteiger partial charge on any atom is 0.131 e. The van der Waals surface area contributed by atoms with Gasteiger partial charge in [-0.15, -0.1) is 0 Å². The van der Waals surface area contributed by atoms with Gasteiger partial charge in [0.25, 0.3) is 0 Å². The number of hydrogen-bond donors (Lipinski definition) is 0. The SMILES string of the molecule is CCc1cc(OC)c(P(c2c(OC)cc(CC)cc2OC)c2c(OC)cc(CC)cc2OC)c(OC)c1. The van der Waals surface area contributed by atoms with Gasteiger partial charge in [-0.1, -0.05) is 20.8 Å². The van der Waals surface area contributed by atoms with Crippen LogP contribution in [0.1, 0.15) is 37.5 Å². The van der Waals surface area contributed by atoms with Gasteiger partial charge < -0.3 is 28.4 Å². The summed E-state index contributed by atoms with van der Waals surface area (Å²) in [4.78, 5) is 0. The first-order valence-corrected chi connectivity index (χ1v) is 13.8. The fourth-order valence-electron chi connectivity index (χ4n) is 4.45. The standard InChI is InChI=1S/C30H39O6P/c1-10-19-13-22(31-4)28(23(14-19)32-5)37(29-24(33-6)15-20(11-2)16-25(29)34-7)30-26(35-8)17-21(12-3)18-27(30)36-9/h13-18H,10-12H2,1-9H3. The van der Waals surface area contributed by atoms with E-state index in [4.69, 9.17) is 28.4 Å². The van der Waals surface area contributed by atoms with E-state index in [0.717, 1.165) is 86.4 Å². The fourth-order valence-corrected chi connectivity index (χ4v) is 7.38. The molecule has 7 heteroatoms. The lowest BCUT2D eigenvalue weighted by Crippen LogP contribution is -2.28. The molecule has 0 unspecified atom stereocenters. The molecule has 0 spiro atoms. The summed E-state index contributed by atoms with van der Waals surface area (Å²) in [7, 11) is 8.73. The topological polar surface area (TPSA) is 55.4 Å². The number of rotatable bonds is 12. The van der Waals surface area contributed by atoms with E-state index in [2.05, 4.69) is 57.2 Å². The van der Waals surface area contributed by atoms with Gasteiger partial charge in [0.15, 0.2) is 0 Å². The molecule has 3 aromatic carbocycles. The van der Waals surface area contributed by atoms with E-state index in [1.54, 1.807) is 42.7 Å². The minimum Gasteiger partial charge on any atom is -0.496 e. The van der Waals surface area contributed by atoms with Crippen LogP contribution in [0.25, 0.3) is 0 Å². The number of hydrogen-bond acceptors (Lipinski definition) is 6. The van der Waals surface area contributed by atoms with Crippen LogP contribution in [0.15, 0.2) is 36.4 Å². The lowest BCUT2D eigenvalue weighted by Gasteiger charge is -2.29. The zero-order chi connectivity index (χ0) is 27.1. The summed E-state index contributed by atoms with van der Waals surface area (Å²) >= 11 is 0. The van der Waals surface area contributed by atoms with Crippen LogP contribution in [0.3, 0.4) is 0 Å². The van der Waals surface area contributed by atoms with Crippen molar-refractivity contribution in [1.82, 2.24) is 0 Å². The van der Waals surface area contributed by atoms with E-state index in [9.17, 15) is 0 Å². The molecule has 0 amide bonds. The largest absolute Gasteiger partial charge is 0.496 e. The predicted molar refractivity (Wildman–Crippen MR) is 153 cm³/mol. The van der Waals surface area contributed by atoms with Crippen LogP contribution >= 0.6 is 7.92 Å². The Morgan fingerprint density at radius 3 is 0.730 bits per heavy atom. The average Bonchev–Trinajstić information content (AvgIpc) is 2.96. The highest BCUT2D eigenvalue weighted by atomic mass is 31.1. The van der Waals surface area contributed by atoms with E-state index in [0.29, 0.717) is 0 Å². The second-order valence-electron chi connectivity index (χ2n) is 8.44. The van der Waals surface area contributed by atoms with Crippen molar-refractivity contribution in [2.24, 2.45) is 0 Å². The molecule has 0 saturated carbocycles. The van der Waals surface area contributed by atoms with Crippen LogP contribution in [0, 0.1) is 0 Å². The van der Waals surface area contributed by atoms with Gasteiger partial charge >= 0.3 is 0 Å². The highest BCUT2D eigenvalue weighted by Crippen LogP contribution is 2.50. The van der Waals surface area contributed by atoms with E-state index >= 15 is 0 Å². The maximum absolute atomic E-state index is 6.01. The molecule has 6 nitrogen and oxygen atoms in total. The highest BCUT2D eigenvalue weighted by Gasteiger charge is 2.35. The normalized spacial score (nSPS) is 10.9. The Bertz CT molecular complexity index is 997. The highest BCUT2D eigenvalue weighted by molar-refractivity contribution is 7.81. The Hall–Kier alpha value is -3.11. The Labute approximate surface area is 222 Å². The van der Waals surface area contributed by atoms with Gasteiger partial charge in [-0.2, -0.15) is 0 Å². The van der Waals surface area contributed by atoms with Gasteiger partial charge in [0.05, 0.1) is 58.6 Å². The molecule has 0 aliphatic heterocycles. The summed E-state index contributed by atoms with van der Waals surface area (Å²) in [5.41, 5.74) is 3.36. The number of methoxy groups -OCH3 is 6. The summed E-state index contributed by atoms with van der Waals surface area (Å²) in [6, 6.07) is 12.5. The Balaban J connectivity index is 2.59. The number of benzene rings is 3. The van der Waals surface area contributed by atoms with Crippen molar-refractivity contribution < 1.29 is 28.4 Å². The first-order chi connectivity index (χ1) is 17.9. The van der Waals surface area contributed by atoms with Gasteiger partial charge in [0, 0.05) is 7.92 Å². The van der Waals surface area contributed by atoms with Crippen LogP contribution in [-0.4, -0.2) is 42.7 Å². The molecular weight excluding hydrogens is 487 g/mol. The molecule has 200 valence electrons. The Kier molecular flexibility index (Phi) is 9.93. The van der Waals surface area contributed by atoms with Crippen molar-refractivity contribution in [2.75, 3.05) is 42.7 Å². The van der Waals surface area contributed by atoms with Gasteiger partial charge in [0.2, 0.25) is 0 Å². The Morgan fingerprint density at radius 2 is 0.595 bits per heavy atom. The fraction of sp³-hybridized carbons (Fsp3) is 0.400. The molecular formula is C30H39O6P. The molecule has 0 N–H and O–H groups in total. The van der Waals surface area contributed by atoms with Crippen molar-refractivity contribution in [2.45, 2.75) is 40.0 Å². The lowest BCUT2D eigenvalue weighted by atomic mass is 10.1. The van der Waals surface area contributed by atoms with Crippen molar-refractivity contribution >= 4 is 23.8 Å².